The van der Waals surface area contributed by atoms with Gasteiger partial charge >= 0.3 is 5.97 Å². The SMILES string of the molecule is COC(=O)[C@@H]1C[C@@H](NC(=O)c2ccc(-n3cccn3)cc2)CN1. The molecule has 1 amide bonds. The predicted molar refractivity (Wildman–Crippen MR) is 83.2 cm³/mol. The first-order chi connectivity index (χ1) is 11.2. The number of aromatic nitrogens is 2. The van der Waals surface area contributed by atoms with E-state index in [1.807, 2.05) is 24.4 Å². The largest absolute Gasteiger partial charge is 0.468 e. The van der Waals surface area contributed by atoms with Gasteiger partial charge in [0.25, 0.3) is 5.91 Å². The van der Waals surface area contributed by atoms with E-state index < -0.39 is 0 Å². The third-order valence-corrected chi connectivity index (χ3v) is 3.85. The highest BCUT2D eigenvalue weighted by Crippen LogP contribution is 2.11. The molecule has 0 aliphatic carbocycles. The first-order valence-corrected chi connectivity index (χ1v) is 7.39. The Bertz CT molecular complexity index is 682. The van der Waals surface area contributed by atoms with Crippen LogP contribution in [-0.4, -0.2) is 47.4 Å². The van der Waals surface area contributed by atoms with Gasteiger partial charge < -0.3 is 15.4 Å². The summed E-state index contributed by atoms with van der Waals surface area (Å²) in [6, 6.07) is 8.59. The Hall–Kier alpha value is -2.67. The summed E-state index contributed by atoms with van der Waals surface area (Å²) in [5.74, 6) is -0.459. The summed E-state index contributed by atoms with van der Waals surface area (Å²) in [7, 11) is 1.36. The lowest BCUT2D eigenvalue weighted by molar-refractivity contribution is -0.142. The molecule has 0 bridgehead atoms. The molecule has 1 aliphatic heterocycles. The maximum Gasteiger partial charge on any atom is 0.322 e. The number of hydrogen-bond acceptors (Lipinski definition) is 5. The van der Waals surface area contributed by atoms with Crippen molar-refractivity contribution in [3.05, 3.63) is 48.3 Å². The molecule has 2 N–H and O–H groups in total. The van der Waals surface area contributed by atoms with E-state index in [0.717, 1.165) is 5.69 Å². The van der Waals surface area contributed by atoms with Crippen LogP contribution in [0.2, 0.25) is 0 Å². The number of benzene rings is 1. The van der Waals surface area contributed by atoms with Crippen molar-refractivity contribution in [2.75, 3.05) is 13.7 Å². The molecule has 1 saturated heterocycles. The molecule has 2 heterocycles. The summed E-state index contributed by atoms with van der Waals surface area (Å²) < 4.78 is 6.42. The monoisotopic (exact) mass is 314 g/mol. The van der Waals surface area contributed by atoms with Crippen LogP contribution in [-0.2, 0) is 9.53 Å². The maximum atomic E-state index is 12.3. The van der Waals surface area contributed by atoms with Gasteiger partial charge in [-0.05, 0) is 36.8 Å². The number of methoxy groups -OCH3 is 1. The molecule has 1 fully saturated rings. The van der Waals surface area contributed by atoms with E-state index in [2.05, 4.69) is 15.7 Å². The molecule has 3 rings (SSSR count). The number of hydrogen-bond donors (Lipinski definition) is 2. The fourth-order valence-electron chi connectivity index (χ4n) is 2.62. The molecular weight excluding hydrogens is 296 g/mol. The van der Waals surface area contributed by atoms with Crippen LogP contribution in [0.15, 0.2) is 42.7 Å². The maximum absolute atomic E-state index is 12.3. The number of esters is 1. The zero-order chi connectivity index (χ0) is 16.2. The first kappa shape index (κ1) is 15.2. The second-order valence-electron chi connectivity index (χ2n) is 5.39. The number of carbonyl (C=O) groups excluding carboxylic acids is 2. The van der Waals surface area contributed by atoms with Gasteiger partial charge in [-0.15, -0.1) is 0 Å². The lowest BCUT2D eigenvalue weighted by Crippen LogP contribution is -2.36. The molecule has 0 radical (unpaired) electrons. The molecule has 1 aromatic carbocycles. The molecule has 0 spiro atoms. The van der Waals surface area contributed by atoms with Crippen molar-refractivity contribution >= 4 is 11.9 Å². The minimum absolute atomic E-state index is 0.0857. The van der Waals surface area contributed by atoms with E-state index in [1.165, 1.54) is 7.11 Å². The van der Waals surface area contributed by atoms with E-state index in [1.54, 1.807) is 23.0 Å². The third-order valence-electron chi connectivity index (χ3n) is 3.85. The van der Waals surface area contributed by atoms with Gasteiger partial charge in [0.05, 0.1) is 12.8 Å². The Morgan fingerprint density at radius 1 is 1.35 bits per heavy atom. The Kier molecular flexibility index (Phi) is 4.38. The van der Waals surface area contributed by atoms with E-state index in [-0.39, 0.29) is 24.0 Å². The highest BCUT2D eigenvalue weighted by molar-refractivity contribution is 5.94. The van der Waals surface area contributed by atoms with Crippen LogP contribution >= 0.6 is 0 Å². The second-order valence-corrected chi connectivity index (χ2v) is 5.39. The molecule has 1 aliphatic rings. The van der Waals surface area contributed by atoms with Crippen molar-refractivity contribution in [3.63, 3.8) is 0 Å². The number of nitrogens with one attached hydrogen (secondary N) is 2. The fourth-order valence-corrected chi connectivity index (χ4v) is 2.62. The summed E-state index contributed by atoms with van der Waals surface area (Å²) in [4.78, 5) is 23.7. The molecule has 23 heavy (non-hydrogen) atoms. The van der Waals surface area contributed by atoms with Crippen LogP contribution in [0.5, 0.6) is 0 Å². The van der Waals surface area contributed by atoms with Gasteiger partial charge in [0.1, 0.15) is 6.04 Å². The zero-order valence-corrected chi connectivity index (χ0v) is 12.7. The normalized spacial score (nSPS) is 20.2. The average Bonchev–Trinajstić information content (AvgIpc) is 3.26. The summed E-state index contributed by atoms with van der Waals surface area (Å²) in [6.07, 6.45) is 4.07. The van der Waals surface area contributed by atoms with Crippen LogP contribution in [0.3, 0.4) is 0 Å². The first-order valence-electron chi connectivity index (χ1n) is 7.39. The highest BCUT2D eigenvalue weighted by Gasteiger charge is 2.30. The van der Waals surface area contributed by atoms with Crippen LogP contribution in [0.4, 0.5) is 0 Å². The zero-order valence-electron chi connectivity index (χ0n) is 12.7. The minimum atomic E-state index is -0.354. The molecule has 2 atom stereocenters. The van der Waals surface area contributed by atoms with Gasteiger partial charge in [0.15, 0.2) is 0 Å². The second kappa shape index (κ2) is 6.62. The van der Waals surface area contributed by atoms with Crippen molar-refractivity contribution in [1.29, 1.82) is 0 Å². The Morgan fingerprint density at radius 3 is 2.78 bits per heavy atom. The smallest absolute Gasteiger partial charge is 0.322 e. The van der Waals surface area contributed by atoms with Crippen molar-refractivity contribution in [1.82, 2.24) is 20.4 Å². The van der Waals surface area contributed by atoms with Gasteiger partial charge in [-0.3, -0.25) is 9.59 Å². The molecule has 1 aromatic heterocycles. The van der Waals surface area contributed by atoms with Gasteiger partial charge in [-0.2, -0.15) is 5.10 Å². The number of amides is 1. The molecular formula is C16H18N4O3. The van der Waals surface area contributed by atoms with Crippen molar-refractivity contribution in [2.24, 2.45) is 0 Å². The predicted octanol–water partition coefficient (Wildman–Crippen LogP) is 0.506. The van der Waals surface area contributed by atoms with E-state index >= 15 is 0 Å². The van der Waals surface area contributed by atoms with Crippen LogP contribution in [0, 0.1) is 0 Å². The van der Waals surface area contributed by atoms with Crippen molar-refractivity contribution in [2.45, 2.75) is 18.5 Å². The number of ether oxygens (including phenoxy) is 1. The van der Waals surface area contributed by atoms with Gasteiger partial charge in [-0.25, -0.2) is 4.68 Å². The van der Waals surface area contributed by atoms with E-state index in [4.69, 9.17) is 4.74 Å². The van der Waals surface area contributed by atoms with E-state index in [9.17, 15) is 9.59 Å². The lowest BCUT2D eigenvalue weighted by atomic mass is 10.1. The molecule has 0 unspecified atom stereocenters. The quantitative estimate of drug-likeness (QED) is 0.803. The summed E-state index contributed by atoms with van der Waals surface area (Å²) in [5.41, 5.74) is 1.46. The summed E-state index contributed by atoms with van der Waals surface area (Å²) in [6.45, 7) is 0.552. The minimum Gasteiger partial charge on any atom is -0.468 e. The standard InChI is InChI=1S/C16H18N4O3/c1-23-16(22)14-9-12(10-17-14)19-15(21)11-3-5-13(6-4-11)20-8-2-7-18-20/h2-8,12,14,17H,9-10H2,1H3,(H,19,21)/t12-,14+/m1/s1. The topological polar surface area (TPSA) is 85.2 Å². The van der Waals surface area contributed by atoms with Crippen molar-refractivity contribution < 1.29 is 14.3 Å². The van der Waals surface area contributed by atoms with Gasteiger partial charge in [-0.1, -0.05) is 0 Å². The molecule has 7 heteroatoms. The Labute approximate surface area is 133 Å². The average molecular weight is 314 g/mol. The molecule has 7 nitrogen and oxygen atoms in total. The lowest BCUT2D eigenvalue weighted by Gasteiger charge is -2.12. The van der Waals surface area contributed by atoms with Crippen molar-refractivity contribution in [3.8, 4) is 5.69 Å². The summed E-state index contributed by atoms with van der Waals surface area (Å²) in [5, 5.41) is 10.1. The third kappa shape index (κ3) is 3.40. The fraction of sp³-hybridized carbons (Fsp3) is 0.312. The summed E-state index contributed by atoms with van der Waals surface area (Å²) >= 11 is 0. The number of rotatable bonds is 4. The molecule has 0 saturated carbocycles. The van der Waals surface area contributed by atoms with Gasteiger partial charge in [0, 0.05) is 30.5 Å². The Balaban J connectivity index is 1.60. The van der Waals surface area contributed by atoms with Crippen LogP contribution < -0.4 is 10.6 Å². The number of carbonyl (C=O) groups is 2. The Morgan fingerprint density at radius 2 is 2.13 bits per heavy atom. The molecule has 2 aromatic rings. The highest BCUT2D eigenvalue weighted by atomic mass is 16.5. The molecule has 120 valence electrons. The number of nitrogens with zero attached hydrogens (tertiary/aromatic N) is 2. The van der Waals surface area contributed by atoms with E-state index in [0.29, 0.717) is 18.5 Å². The van der Waals surface area contributed by atoms with Crippen LogP contribution in [0.25, 0.3) is 5.69 Å². The van der Waals surface area contributed by atoms with Crippen LogP contribution in [0.1, 0.15) is 16.8 Å². The van der Waals surface area contributed by atoms with Gasteiger partial charge in [0.2, 0.25) is 0 Å².